The van der Waals surface area contributed by atoms with Gasteiger partial charge in [-0.1, -0.05) is 49.2 Å². The van der Waals surface area contributed by atoms with E-state index in [1.807, 2.05) is 0 Å². The number of methoxy groups -OCH3 is 1. The Hall–Kier alpha value is -2.33. The fraction of sp³-hybridized carbons (Fsp3) is 0.346. The minimum Gasteiger partial charge on any atom is -0.491 e. The minimum absolute atomic E-state index is 0.195. The third-order valence-corrected chi connectivity index (χ3v) is 6.54. The van der Waals surface area contributed by atoms with Gasteiger partial charge in [0.05, 0.1) is 18.2 Å². The maximum Gasteiger partial charge on any atom is 0.305 e. The number of aryl methyl sites for hydroxylation is 1. The first kappa shape index (κ1) is 20.9. The number of halogens is 1. The Morgan fingerprint density at radius 1 is 1.03 bits per heavy atom. The molecule has 0 amide bonds. The Balaban J connectivity index is 1.70. The van der Waals surface area contributed by atoms with Crippen LogP contribution in [0.25, 0.3) is 21.9 Å². The lowest BCUT2D eigenvalue weighted by atomic mass is 9.97. The monoisotopic (exact) mass is 466 g/mol. The zero-order valence-electron chi connectivity index (χ0n) is 17.3. The molecule has 0 spiro atoms. The van der Waals surface area contributed by atoms with Gasteiger partial charge in [0.15, 0.2) is 0 Å². The van der Waals surface area contributed by atoms with Gasteiger partial charge in [-0.3, -0.25) is 4.79 Å². The zero-order valence-corrected chi connectivity index (χ0v) is 18.9. The summed E-state index contributed by atoms with van der Waals surface area (Å²) in [5, 5.41) is 2.42. The molecule has 1 fully saturated rings. The van der Waals surface area contributed by atoms with Crippen molar-refractivity contribution in [3.05, 3.63) is 64.6 Å². The van der Waals surface area contributed by atoms with Gasteiger partial charge in [-0.2, -0.15) is 0 Å². The smallest absolute Gasteiger partial charge is 0.305 e. The Kier molecular flexibility index (Phi) is 6.73. The van der Waals surface area contributed by atoms with Crippen molar-refractivity contribution in [1.82, 2.24) is 0 Å². The molecule has 1 aliphatic rings. The Labute approximate surface area is 186 Å². The van der Waals surface area contributed by atoms with Crippen LogP contribution >= 0.6 is 15.9 Å². The van der Waals surface area contributed by atoms with Gasteiger partial charge >= 0.3 is 5.97 Å². The molecule has 1 saturated carbocycles. The highest BCUT2D eigenvalue weighted by atomic mass is 79.9. The fourth-order valence-electron chi connectivity index (χ4n) is 4.24. The largest absolute Gasteiger partial charge is 0.491 e. The average Bonchev–Trinajstić information content (AvgIpc) is 3.29. The van der Waals surface area contributed by atoms with Crippen LogP contribution in [0, 0.1) is 5.92 Å². The van der Waals surface area contributed by atoms with E-state index in [0.29, 0.717) is 18.8 Å². The molecule has 0 heterocycles. The van der Waals surface area contributed by atoms with E-state index in [-0.39, 0.29) is 5.97 Å². The van der Waals surface area contributed by atoms with E-state index in [1.165, 1.54) is 43.6 Å². The summed E-state index contributed by atoms with van der Waals surface area (Å²) in [7, 11) is 1.43. The molecule has 0 bridgehead atoms. The molecule has 0 saturated heterocycles. The van der Waals surface area contributed by atoms with E-state index in [4.69, 9.17) is 9.47 Å². The van der Waals surface area contributed by atoms with Crippen LogP contribution in [0.2, 0.25) is 0 Å². The van der Waals surface area contributed by atoms with Gasteiger partial charge in [0.1, 0.15) is 5.75 Å². The van der Waals surface area contributed by atoms with Crippen molar-refractivity contribution in [3.63, 3.8) is 0 Å². The highest BCUT2D eigenvalue weighted by Crippen LogP contribution is 2.40. The number of esters is 1. The molecule has 0 aliphatic heterocycles. The van der Waals surface area contributed by atoms with Gasteiger partial charge in [-0.05, 0) is 81.2 Å². The van der Waals surface area contributed by atoms with E-state index >= 15 is 0 Å². The summed E-state index contributed by atoms with van der Waals surface area (Å²) in [6.45, 7) is 0.751. The molecule has 1 aliphatic carbocycles. The average molecular weight is 467 g/mol. The van der Waals surface area contributed by atoms with Gasteiger partial charge in [0.2, 0.25) is 0 Å². The molecule has 3 aromatic rings. The molecular weight excluding hydrogens is 440 g/mol. The highest BCUT2D eigenvalue weighted by molar-refractivity contribution is 9.10. The first-order valence-corrected chi connectivity index (χ1v) is 11.4. The topological polar surface area (TPSA) is 35.5 Å². The normalized spacial score (nSPS) is 14.2. The van der Waals surface area contributed by atoms with E-state index in [9.17, 15) is 4.79 Å². The van der Waals surface area contributed by atoms with Crippen LogP contribution in [-0.2, 0) is 16.0 Å². The molecule has 0 N–H and O–H groups in total. The van der Waals surface area contributed by atoms with Crippen LogP contribution in [0.5, 0.6) is 5.75 Å². The predicted octanol–water partition coefficient (Wildman–Crippen LogP) is 6.94. The Morgan fingerprint density at radius 2 is 1.80 bits per heavy atom. The molecule has 156 valence electrons. The first-order chi connectivity index (χ1) is 14.6. The van der Waals surface area contributed by atoms with Crippen molar-refractivity contribution in [1.29, 1.82) is 0 Å². The van der Waals surface area contributed by atoms with Gasteiger partial charge in [0.25, 0.3) is 0 Å². The molecule has 3 aromatic carbocycles. The maximum atomic E-state index is 11.6. The van der Waals surface area contributed by atoms with Gasteiger partial charge < -0.3 is 9.47 Å². The Bertz CT molecular complexity index is 1040. The minimum atomic E-state index is -0.195. The lowest BCUT2D eigenvalue weighted by molar-refractivity contribution is -0.140. The second-order valence-electron chi connectivity index (χ2n) is 8.05. The predicted molar refractivity (Wildman–Crippen MR) is 125 cm³/mol. The van der Waals surface area contributed by atoms with Crippen molar-refractivity contribution in [2.75, 3.05) is 13.7 Å². The summed E-state index contributed by atoms with van der Waals surface area (Å²) < 4.78 is 12.1. The molecular formula is C26H27BrO3. The van der Waals surface area contributed by atoms with Crippen LogP contribution in [0.1, 0.15) is 37.7 Å². The molecule has 0 radical (unpaired) electrons. The number of hydrogen-bond donors (Lipinski definition) is 0. The second-order valence-corrected chi connectivity index (χ2v) is 8.91. The Morgan fingerprint density at radius 3 is 2.57 bits per heavy atom. The number of benzene rings is 3. The lowest BCUT2D eigenvalue weighted by Crippen LogP contribution is -2.09. The summed E-state index contributed by atoms with van der Waals surface area (Å²) in [5.41, 5.74) is 3.27. The van der Waals surface area contributed by atoms with E-state index in [1.54, 1.807) is 0 Å². The number of ether oxygens (including phenoxy) is 2. The number of fused-ring (bicyclic) bond motifs is 1. The quantitative estimate of drug-likeness (QED) is 0.353. The maximum absolute atomic E-state index is 11.6. The van der Waals surface area contributed by atoms with Crippen molar-refractivity contribution < 1.29 is 14.3 Å². The number of carbonyl (C=O) groups is 1. The summed E-state index contributed by atoms with van der Waals surface area (Å²) in [6.07, 6.45) is 6.11. The van der Waals surface area contributed by atoms with Gasteiger partial charge in [-0.25, -0.2) is 0 Å². The van der Waals surface area contributed by atoms with E-state index in [0.717, 1.165) is 33.5 Å². The first-order valence-electron chi connectivity index (χ1n) is 10.7. The van der Waals surface area contributed by atoms with Crippen LogP contribution in [-0.4, -0.2) is 19.7 Å². The number of rotatable bonds is 7. The molecule has 30 heavy (non-hydrogen) atoms. The molecule has 0 aromatic heterocycles. The summed E-state index contributed by atoms with van der Waals surface area (Å²) in [4.78, 5) is 11.6. The van der Waals surface area contributed by atoms with Gasteiger partial charge in [-0.15, -0.1) is 0 Å². The SMILES string of the molecule is COC(=O)CCc1cc(Br)c(OCC2CCCC2)c(-c2ccc3ccccc3c2)c1. The lowest BCUT2D eigenvalue weighted by Gasteiger charge is -2.18. The molecule has 4 heteroatoms. The molecule has 3 nitrogen and oxygen atoms in total. The van der Waals surface area contributed by atoms with Gasteiger partial charge in [0, 0.05) is 12.0 Å². The van der Waals surface area contributed by atoms with Crippen molar-refractivity contribution in [3.8, 4) is 16.9 Å². The third kappa shape index (κ3) is 4.86. The van der Waals surface area contributed by atoms with Crippen molar-refractivity contribution >= 4 is 32.7 Å². The third-order valence-electron chi connectivity index (χ3n) is 5.95. The highest BCUT2D eigenvalue weighted by Gasteiger charge is 2.19. The van der Waals surface area contributed by atoms with Crippen molar-refractivity contribution in [2.45, 2.75) is 38.5 Å². The van der Waals surface area contributed by atoms with Crippen LogP contribution < -0.4 is 4.74 Å². The summed E-state index contributed by atoms with van der Waals surface area (Å²) in [5.74, 6) is 1.33. The fourth-order valence-corrected chi connectivity index (χ4v) is 4.86. The van der Waals surface area contributed by atoms with Crippen molar-refractivity contribution in [2.24, 2.45) is 5.92 Å². The molecule has 4 rings (SSSR count). The molecule has 0 unspecified atom stereocenters. The second kappa shape index (κ2) is 9.65. The standard InChI is InChI=1S/C26H27BrO3/c1-29-25(28)13-10-19-14-23(22-12-11-20-8-4-5-9-21(20)16-22)26(24(27)15-19)30-17-18-6-2-3-7-18/h4-5,8-9,11-12,14-16,18H,2-3,6-7,10,13,17H2,1H3. The number of carbonyl (C=O) groups excluding carboxylic acids is 1. The van der Waals surface area contributed by atoms with E-state index < -0.39 is 0 Å². The molecule has 0 atom stereocenters. The summed E-state index contributed by atoms with van der Waals surface area (Å²) in [6, 6.07) is 19.1. The summed E-state index contributed by atoms with van der Waals surface area (Å²) >= 11 is 3.74. The van der Waals surface area contributed by atoms with Crippen LogP contribution in [0.4, 0.5) is 0 Å². The van der Waals surface area contributed by atoms with Crippen LogP contribution in [0.3, 0.4) is 0 Å². The zero-order chi connectivity index (χ0) is 20.9. The van der Waals surface area contributed by atoms with Crippen LogP contribution in [0.15, 0.2) is 59.1 Å². The van der Waals surface area contributed by atoms with E-state index in [2.05, 4.69) is 70.5 Å². The number of hydrogen-bond acceptors (Lipinski definition) is 3.